The fourth-order valence-electron chi connectivity index (χ4n) is 2.57. The summed E-state index contributed by atoms with van der Waals surface area (Å²) in [6.07, 6.45) is 1.39. The lowest BCUT2D eigenvalue weighted by Gasteiger charge is -2.18. The molecule has 1 aromatic heterocycles. The summed E-state index contributed by atoms with van der Waals surface area (Å²) in [5.74, 6) is 0.574. The van der Waals surface area contributed by atoms with Crippen molar-refractivity contribution in [3.8, 4) is 0 Å². The summed E-state index contributed by atoms with van der Waals surface area (Å²) in [7, 11) is 0. The molecule has 2 aromatic carbocycles. The minimum atomic E-state index is -0.137. The zero-order chi connectivity index (χ0) is 14.8. The lowest BCUT2D eigenvalue weighted by Crippen LogP contribution is -2.08. The van der Waals surface area contributed by atoms with Crippen LogP contribution in [0.1, 0.15) is 28.3 Å². The van der Waals surface area contributed by atoms with Crippen LogP contribution in [0.2, 0.25) is 0 Å². The SMILES string of the molecule is c1ccc(C2N=C(c3ncns3)OC2c2ccccc2)cc1. The van der Waals surface area contributed by atoms with Crippen molar-refractivity contribution in [1.29, 1.82) is 0 Å². The van der Waals surface area contributed by atoms with E-state index in [9.17, 15) is 0 Å². The molecule has 22 heavy (non-hydrogen) atoms. The molecule has 0 spiro atoms. The molecule has 1 aliphatic rings. The van der Waals surface area contributed by atoms with Crippen LogP contribution < -0.4 is 0 Å². The Morgan fingerprint density at radius 2 is 1.55 bits per heavy atom. The summed E-state index contributed by atoms with van der Waals surface area (Å²) in [5, 5.41) is 0.722. The van der Waals surface area contributed by atoms with Crippen molar-refractivity contribution in [1.82, 2.24) is 9.36 Å². The van der Waals surface area contributed by atoms with Crippen LogP contribution in [0, 0.1) is 0 Å². The van der Waals surface area contributed by atoms with Crippen molar-refractivity contribution >= 4 is 17.4 Å². The highest BCUT2D eigenvalue weighted by atomic mass is 32.1. The maximum absolute atomic E-state index is 6.12. The van der Waals surface area contributed by atoms with E-state index in [-0.39, 0.29) is 12.1 Å². The van der Waals surface area contributed by atoms with Crippen molar-refractivity contribution in [2.24, 2.45) is 4.99 Å². The average Bonchev–Trinajstić information content (AvgIpc) is 3.26. The van der Waals surface area contributed by atoms with Crippen LogP contribution in [0.5, 0.6) is 0 Å². The molecule has 0 fully saturated rings. The number of aliphatic imine (C=N–C) groups is 1. The second-order valence-corrected chi connectivity index (χ2v) is 5.77. The molecular weight excluding hydrogens is 294 g/mol. The molecule has 0 radical (unpaired) electrons. The summed E-state index contributed by atoms with van der Waals surface area (Å²) in [5.41, 5.74) is 2.25. The van der Waals surface area contributed by atoms with Gasteiger partial charge in [-0.15, -0.1) is 0 Å². The first-order valence-electron chi connectivity index (χ1n) is 7.03. The van der Waals surface area contributed by atoms with E-state index in [2.05, 4.69) is 33.6 Å². The fourth-order valence-corrected chi connectivity index (χ4v) is 3.04. The Kier molecular flexibility index (Phi) is 3.40. The Balaban J connectivity index is 1.75. The van der Waals surface area contributed by atoms with Gasteiger partial charge in [0.25, 0.3) is 0 Å². The van der Waals surface area contributed by atoms with Gasteiger partial charge in [0.2, 0.25) is 5.90 Å². The van der Waals surface area contributed by atoms with Crippen LogP contribution in [0.4, 0.5) is 0 Å². The number of hydrogen-bond donors (Lipinski definition) is 0. The van der Waals surface area contributed by atoms with Crippen molar-refractivity contribution in [3.63, 3.8) is 0 Å². The molecule has 0 amide bonds. The van der Waals surface area contributed by atoms with Gasteiger partial charge in [0.1, 0.15) is 12.4 Å². The van der Waals surface area contributed by atoms with Gasteiger partial charge in [-0.05, 0) is 22.7 Å². The average molecular weight is 307 g/mol. The normalized spacial score (nSPS) is 20.5. The van der Waals surface area contributed by atoms with Gasteiger partial charge in [-0.3, -0.25) is 0 Å². The maximum atomic E-state index is 6.12. The van der Waals surface area contributed by atoms with Crippen molar-refractivity contribution in [3.05, 3.63) is 83.1 Å². The largest absolute Gasteiger partial charge is 0.465 e. The maximum Gasteiger partial charge on any atom is 0.249 e. The summed E-state index contributed by atoms with van der Waals surface area (Å²) in [6.45, 7) is 0. The summed E-state index contributed by atoms with van der Waals surface area (Å²) >= 11 is 1.30. The van der Waals surface area contributed by atoms with Gasteiger partial charge in [-0.1, -0.05) is 60.7 Å². The van der Waals surface area contributed by atoms with Gasteiger partial charge in [0.15, 0.2) is 11.1 Å². The van der Waals surface area contributed by atoms with E-state index >= 15 is 0 Å². The lowest BCUT2D eigenvalue weighted by molar-refractivity contribution is 0.197. The second-order valence-electron chi connectivity index (χ2n) is 4.99. The van der Waals surface area contributed by atoms with Crippen LogP contribution in [0.3, 0.4) is 0 Å². The minimum Gasteiger partial charge on any atom is -0.465 e. The Hall–Kier alpha value is -2.53. The molecule has 0 aliphatic carbocycles. The van der Waals surface area contributed by atoms with Crippen molar-refractivity contribution in [2.75, 3.05) is 0 Å². The number of ether oxygens (including phenoxy) is 1. The van der Waals surface area contributed by atoms with Crippen LogP contribution in [-0.4, -0.2) is 15.3 Å². The molecule has 4 nitrogen and oxygen atoms in total. The molecule has 4 rings (SSSR count). The van der Waals surface area contributed by atoms with Crippen molar-refractivity contribution in [2.45, 2.75) is 12.1 Å². The molecule has 108 valence electrons. The van der Waals surface area contributed by atoms with Crippen molar-refractivity contribution < 1.29 is 4.74 Å². The third kappa shape index (κ3) is 2.40. The first-order valence-corrected chi connectivity index (χ1v) is 7.80. The smallest absolute Gasteiger partial charge is 0.249 e. The summed E-state index contributed by atoms with van der Waals surface area (Å²) < 4.78 is 10.1. The number of rotatable bonds is 3. The molecule has 2 atom stereocenters. The third-order valence-electron chi connectivity index (χ3n) is 3.60. The third-order valence-corrected chi connectivity index (χ3v) is 4.25. The number of aromatic nitrogens is 2. The van der Waals surface area contributed by atoms with Gasteiger partial charge in [0.05, 0.1) is 0 Å². The van der Waals surface area contributed by atoms with E-state index in [1.165, 1.54) is 17.9 Å². The highest BCUT2D eigenvalue weighted by molar-refractivity contribution is 7.07. The van der Waals surface area contributed by atoms with Gasteiger partial charge in [0, 0.05) is 0 Å². The topological polar surface area (TPSA) is 47.4 Å². The molecule has 1 aliphatic heterocycles. The Morgan fingerprint density at radius 1 is 0.864 bits per heavy atom. The molecule has 0 N–H and O–H groups in total. The van der Waals surface area contributed by atoms with Gasteiger partial charge in [-0.25, -0.2) is 9.98 Å². The van der Waals surface area contributed by atoms with E-state index in [1.807, 2.05) is 36.4 Å². The highest BCUT2D eigenvalue weighted by Gasteiger charge is 2.34. The van der Waals surface area contributed by atoms with E-state index < -0.39 is 0 Å². The number of nitrogens with zero attached hydrogens (tertiary/aromatic N) is 3. The van der Waals surface area contributed by atoms with Crippen LogP contribution >= 0.6 is 11.5 Å². The lowest BCUT2D eigenvalue weighted by atomic mass is 9.97. The van der Waals surface area contributed by atoms with Gasteiger partial charge in [-0.2, -0.15) is 4.37 Å². The molecular formula is C17H13N3OS. The second kappa shape index (κ2) is 5.69. The fraction of sp³-hybridized carbons (Fsp3) is 0.118. The Morgan fingerprint density at radius 3 is 2.18 bits per heavy atom. The first kappa shape index (κ1) is 13.2. The number of benzene rings is 2. The standard InChI is InChI=1S/C17H13N3OS/c1-3-7-12(8-4-1)14-15(13-9-5-2-6-10-13)21-16(20-14)17-18-11-19-22-17/h1-11,14-15H. The highest BCUT2D eigenvalue weighted by Crippen LogP contribution is 2.40. The molecule has 2 heterocycles. The Labute approximate surface area is 132 Å². The Bertz CT molecular complexity index is 772. The van der Waals surface area contributed by atoms with Gasteiger partial charge >= 0.3 is 0 Å². The zero-order valence-electron chi connectivity index (χ0n) is 11.7. The van der Waals surface area contributed by atoms with Crippen LogP contribution in [0.25, 0.3) is 0 Å². The zero-order valence-corrected chi connectivity index (χ0v) is 12.5. The van der Waals surface area contributed by atoms with Crippen LogP contribution in [0.15, 0.2) is 72.0 Å². The van der Waals surface area contributed by atoms with E-state index in [1.54, 1.807) is 0 Å². The summed E-state index contributed by atoms with van der Waals surface area (Å²) in [6, 6.07) is 20.3. The molecule has 3 aromatic rings. The first-order chi connectivity index (χ1) is 10.9. The number of hydrogen-bond acceptors (Lipinski definition) is 5. The molecule has 5 heteroatoms. The quantitative estimate of drug-likeness (QED) is 0.739. The van der Waals surface area contributed by atoms with E-state index in [0.29, 0.717) is 5.90 Å². The monoisotopic (exact) mass is 307 g/mol. The molecule has 0 bridgehead atoms. The van der Waals surface area contributed by atoms with E-state index in [4.69, 9.17) is 9.73 Å². The molecule has 0 saturated heterocycles. The summed E-state index contributed by atoms with van der Waals surface area (Å²) in [4.78, 5) is 8.97. The predicted octanol–water partition coefficient (Wildman–Crippen LogP) is 3.80. The van der Waals surface area contributed by atoms with Gasteiger partial charge < -0.3 is 4.74 Å². The van der Waals surface area contributed by atoms with Crippen LogP contribution in [-0.2, 0) is 4.74 Å². The molecule has 2 unspecified atom stereocenters. The molecule has 0 saturated carbocycles. The predicted molar refractivity (Wildman–Crippen MR) is 85.9 cm³/mol. The van der Waals surface area contributed by atoms with E-state index in [0.717, 1.165) is 16.1 Å². The minimum absolute atomic E-state index is 0.0671.